The number of anilines is 1. The van der Waals surface area contributed by atoms with Crippen LogP contribution in [-0.2, 0) is 6.54 Å². The third kappa shape index (κ3) is 3.59. The van der Waals surface area contributed by atoms with Gasteiger partial charge in [0, 0.05) is 29.0 Å². The van der Waals surface area contributed by atoms with Crippen LogP contribution in [0.1, 0.15) is 0 Å². The SMILES string of the molecule is O=c1[nH]c2ccccc2n1CCNc1nccc(-c2ccc(-c3cccs3)s2)n1. The summed E-state index contributed by atoms with van der Waals surface area (Å²) >= 11 is 3.45. The molecule has 0 unspecified atom stereocenters. The van der Waals surface area contributed by atoms with E-state index in [-0.39, 0.29) is 5.69 Å². The normalized spacial score (nSPS) is 11.2. The summed E-state index contributed by atoms with van der Waals surface area (Å²) in [5.41, 5.74) is 2.52. The molecule has 6 nitrogen and oxygen atoms in total. The number of aromatic amines is 1. The van der Waals surface area contributed by atoms with Gasteiger partial charge >= 0.3 is 5.69 Å². The molecule has 1 aromatic carbocycles. The molecule has 0 atom stereocenters. The summed E-state index contributed by atoms with van der Waals surface area (Å²) in [7, 11) is 0. The number of hydrogen-bond donors (Lipinski definition) is 2. The maximum atomic E-state index is 12.2. The zero-order chi connectivity index (χ0) is 19.6. The Bertz CT molecular complexity index is 1320. The van der Waals surface area contributed by atoms with Crippen molar-refractivity contribution in [3.63, 3.8) is 0 Å². The number of imidazole rings is 1. The molecule has 0 amide bonds. The van der Waals surface area contributed by atoms with Gasteiger partial charge in [-0.1, -0.05) is 18.2 Å². The fraction of sp³-hybridized carbons (Fsp3) is 0.0952. The number of para-hydroxylation sites is 2. The Balaban J connectivity index is 1.30. The number of nitrogens with zero attached hydrogens (tertiary/aromatic N) is 3. The van der Waals surface area contributed by atoms with E-state index in [2.05, 4.69) is 49.9 Å². The fourth-order valence-corrected chi connectivity index (χ4v) is 5.03. The van der Waals surface area contributed by atoms with Crippen molar-refractivity contribution >= 4 is 39.7 Å². The zero-order valence-electron chi connectivity index (χ0n) is 15.3. The van der Waals surface area contributed by atoms with Crippen molar-refractivity contribution in [1.82, 2.24) is 19.5 Å². The van der Waals surface area contributed by atoms with E-state index in [0.717, 1.165) is 21.6 Å². The number of benzene rings is 1. The quantitative estimate of drug-likeness (QED) is 0.419. The molecule has 29 heavy (non-hydrogen) atoms. The van der Waals surface area contributed by atoms with Gasteiger partial charge in [-0.2, -0.15) is 0 Å². The van der Waals surface area contributed by atoms with E-state index < -0.39 is 0 Å². The van der Waals surface area contributed by atoms with Gasteiger partial charge < -0.3 is 10.3 Å². The minimum absolute atomic E-state index is 0.109. The highest BCUT2D eigenvalue weighted by Crippen LogP contribution is 2.35. The summed E-state index contributed by atoms with van der Waals surface area (Å²) in [6.45, 7) is 1.08. The average molecular weight is 420 g/mol. The molecule has 0 spiro atoms. The zero-order valence-corrected chi connectivity index (χ0v) is 17.0. The predicted molar refractivity (Wildman–Crippen MR) is 120 cm³/mol. The lowest BCUT2D eigenvalue weighted by Gasteiger charge is -2.07. The topological polar surface area (TPSA) is 75.6 Å². The van der Waals surface area contributed by atoms with Crippen molar-refractivity contribution in [2.24, 2.45) is 0 Å². The molecular formula is C21H17N5OS2. The second-order valence-corrected chi connectivity index (χ2v) is 8.46. The first kappa shape index (κ1) is 17.8. The van der Waals surface area contributed by atoms with E-state index in [9.17, 15) is 4.79 Å². The van der Waals surface area contributed by atoms with E-state index in [1.165, 1.54) is 9.75 Å². The Hall–Kier alpha value is -3.23. The molecule has 0 radical (unpaired) electrons. The van der Waals surface area contributed by atoms with Gasteiger partial charge in [-0.25, -0.2) is 14.8 Å². The Morgan fingerprint density at radius 3 is 2.79 bits per heavy atom. The maximum absolute atomic E-state index is 12.2. The first-order chi connectivity index (χ1) is 14.3. The second kappa shape index (κ2) is 7.65. The highest BCUT2D eigenvalue weighted by atomic mass is 32.1. The van der Waals surface area contributed by atoms with Crippen molar-refractivity contribution < 1.29 is 0 Å². The standard InChI is InChI=1S/C21H17N5OS2/c27-21-25-14-4-1-2-5-16(14)26(21)12-11-23-20-22-10-9-15(24-20)17-7-8-19(29-17)18-6-3-13-28-18/h1-10,13H,11-12H2,(H,25,27)(H,22,23,24). The van der Waals surface area contributed by atoms with Crippen LogP contribution < -0.4 is 11.0 Å². The maximum Gasteiger partial charge on any atom is 0.326 e. The van der Waals surface area contributed by atoms with Crippen LogP contribution in [0.2, 0.25) is 0 Å². The van der Waals surface area contributed by atoms with E-state index in [1.807, 2.05) is 30.3 Å². The summed E-state index contributed by atoms with van der Waals surface area (Å²) in [6.07, 6.45) is 1.76. The molecule has 0 aliphatic heterocycles. The molecule has 5 aromatic rings. The smallest absolute Gasteiger partial charge is 0.326 e. The minimum atomic E-state index is -0.109. The molecule has 0 bridgehead atoms. The first-order valence-electron chi connectivity index (χ1n) is 9.16. The number of thiophene rings is 2. The predicted octanol–water partition coefficient (Wildman–Crippen LogP) is 4.69. The molecule has 4 heterocycles. The third-order valence-corrected chi connectivity index (χ3v) is 6.75. The summed E-state index contributed by atoms with van der Waals surface area (Å²) < 4.78 is 1.72. The summed E-state index contributed by atoms with van der Waals surface area (Å²) in [4.78, 5) is 27.6. The molecule has 0 fully saturated rings. The van der Waals surface area contributed by atoms with Gasteiger partial charge in [-0.15, -0.1) is 22.7 Å². The second-order valence-electron chi connectivity index (χ2n) is 6.43. The first-order valence-corrected chi connectivity index (χ1v) is 10.9. The molecule has 0 saturated carbocycles. The van der Waals surface area contributed by atoms with Crippen molar-refractivity contribution in [2.45, 2.75) is 6.54 Å². The molecule has 5 rings (SSSR count). The van der Waals surface area contributed by atoms with Crippen molar-refractivity contribution in [2.75, 3.05) is 11.9 Å². The molecule has 4 aromatic heterocycles. The van der Waals surface area contributed by atoms with Crippen LogP contribution in [0.4, 0.5) is 5.95 Å². The van der Waals surface area contributed by atoms with Gasteiger partial charge in [-0.3, -0.25) is 4.57 Å². The van der Waals surface area contributed by atoms with Crippen LogP contribution in [-0.4, -0.2) is 26.1 Å². The third-order valence-electron chi connectivity index (χ3n) is 4.58. The highest BCUT2D eigenvalue weighted by molar-refractivity contribution is 7.23. The van der Waals surface area contributed by atoms with Gasteiger partial charge in [-0.05, 0) is 41.8 Å². The van der Waals surface area contributed by atoms with Gasteiger partial charge in [0.25, 0.3) is 0 Å². The lowest BCUT2D eigenvalue weighted by atomic mass is 10.3. The number of fused-ring (bicyclic) bond motifs is 1. The number of nitrogens with one attached hydrogen (secondary N) is 2. The molecule has 0 saturated heterocycles. The van der Waals surface area contributed by atoms with Crippen LogP contribution in [0.5, 0.6) is 0 Å². The fourth-order valence-electron chi connectivity index (χ4n) is 3.22. The largest absolute Gasteiger partial charge is 0.352 e. The van der Waals surface area contributed by atoms with Crippen molar-refractivity contribution in [1.29, 1.82) is 0 Å². The number of rotatable bonds is 6. The van der Waals surface area contributed by atoms with Crippen LogP contribution in [0.3, 0.4) is 0 Å². The molecule has 8 heteroatoms. The molecule has 2 N–H and O–H groups in total. The Labute approximate surface area is 174 Å². The minimum Gasteiger partial charge on any atom is -0.352 e. The lowest BCUT2D eigenvalue weighted by molar-refractivity contribution is 0.717. The number of H-pyrrole nitrogens is 1. The van der Waals surface area contributed by atoms with Gasteiger partial charge in [0.1, 0.15) is 0 Å². The molecule has 0 aliphatic rings. The lowest BCUT2D eigenvalue weighted by Crippen LogP contribution is -2.21. The number of aromatic nitrogens is 4. The summed E-state index contributed by atoms with van der Waals surface area (Å²) in [6, 6.07) is 18.0. The Kier molecular flexibility index (Phi) is 4.71. The van der Waals surface area contributed by atoms with E-state index in [4.69, 9.17) is 0 Å². The molecular weight excluding hydrogens is 402 g/mol. The van der Waals surface area contributed by atoms with Crippen LogP contribution >= 0.6 is 22.7 Å². The Morgan fingerprint density at radius 2 is 1.90 bits per heavy atom. The summed E-state index contributed by atoms with van der Waals surface area (Å²) in [5, 5.41) is 5.31. The average Bonchev–Trinajstić information content (AvgIpc) is 3.48. The van der Waals surface area contributed by atoms with Gasteiger partial charge in [0.05, 0.1) is 21.6 Å². The molecule has 144 valence electrons. The molecule has 0 aliphatic carbocycles. The monoisotopic (exact) mass is 419 g/mol. The highest BCUT2D eigenvalue weighted by Gasteiger charge is 2.09. The van der Waals surface area contributed by atoms with Crippen LogP contribution in [0.15, 0.2) is 71.0 Å². The van der Waals surface area contributed by atoms with E-state index in [0.29, 0.717) is 19.0 Å². The van der Waals surface area contributed by atoms with Gasteiger partial charge in [0.2, 0.25) is 5.95 Å². The van der Waals surface area contributed by atoms with Crippen molar-refractivity contribution in [3.8, 4) is 20.3 Å². The Morgan fingerprint density at radius 1 is 1.00 bits per heavy atom. The number of hydrogen-bond acceptors (Lipinski definition) is 6. The van der Waals surface area contributed by atoms with Crippen LogP contribution in [0, 0.1) is 0 Å². The van der Waals surface area contributed by atoms with E-state index in [1.54, 1.807) is 33.4 Å². The van der Waals surface area contributed by atoms with Gasteiger partial charge in [0.15, 0.2) is 0 Å². The summed E-state index contributed by atoms with van der Waals surface area (Å²) in [5.74, 6) is 0.557. The van der Waals surface area contributed by atoms with Crippen molar-refractivity contribution in [3.05, 3.63) is 76.7 Å². The van der Waals surface area contributed by atoms with E-state index >= 15 is 0 Å². The van der Waals surface area contributed by atoms with Crippen LogP contribution in [0.25, 0.3) is 31.4 Å².